The molecule has 242 valence electrons. The van der Waals surface area contributed by atoms with Crippen LogP contribution in [-0.4, -0.2) is 126 Å². The molecule has 2 aromatic rings. The standard InChI is InChI=1S/C29H36O15/c1-12-22(35)23(36)24(37)29(42-12)44-26-21(15(27(39)40)8-14-3-5-17(32)19(34)10-14)20(11-30)43-28(25(26)38)41-7-6-13-2-4-16(31)18(33)9-13/h2-5,8-10,12,20-26,28-38H,6-7,11H2,1H3,(H,39,40)/b15-8+/t12-,20-,21+,22-,23+,24+,25+,26+,28+,29-/m0/s1. The first-order chi connectivity index (χ1) is 20.8. The number of aliphatic carboxylic acids is 1. The fourth-order valence-corrected chi connectivity index (χ4v) is 5.16. The van der Waals surface area contributed by atoms with Gasteiger partial charge in [0.1, 0.15) is 30.5 Å². The van der Waals surface area contributed by atoms with Gasteiger partial charge in [0.05, 0.1) is 25.4 Å². The maximum atomic E-state index is 12.6. The summed E-state index contributed by atoms with van der Waals surface area (Å²) in [5.74, 6) is -4.65. The van der Waals surface area contributed by atoms with E-state index in [4.69, 9.17) is 18.9 Å². The van der Waals surface area contributed by atoms with E-state index < -0.39 is 90.9 Å². The minimum absolute atomic E-state index is 0.111. The summed E-state index contributed by atoms with van der Waals surface area (Å²) in [6, 6.07) is 7.64. The molecular formula is C29H36O15. The molecule has 2 aliphatic heterocycles. The van der Waals surface area contributed by atoms with Gasteiger partial charge in [0.25, 0.3) is 0 Å². The maximum absolute atomic E-state index is 12.6. The quantitative estimate of drug-likeness (QED) is 0.114. The van der Waals surface area contributed by atoms with Crippen molar-refractivity contribution in [2.24, 2.45) is 5.92 Å². The summed E-state index contributed by atoms with van der Waals surface area (Å²) in [5, 5.41) is 102. The van der Waals surface area contributed by atoms with Crippen molar-refractivity contribution in [3.8, 4) is 23.0 Å². The molecule has 0 amide bonds. The van der Waals surface area contributed by atoms with E-state index in [9.17, 15) is 55.9 Å². The lowest BCUT2D eigenvalue weighted by Crippen LogP contribution is -2.63. The fraction of sp³-hybridized carbons (Fsp3) is 0.483. The van der Waals surface area contributed by atoms with Gasteiger partial charge in [-0.3, -0.25) is 0 Å². The summed E-state index contributed by atoms with van der Waals surface area (Å²) in [7, 11) is 0. The van der Waals surface area contributed by atoms with Gasteiger partial charge < -0.3 is 70.0 Å². The minimum atomic E-state index is -1.82. The van der Waals surface area contributed by atoms with Crippen LogP contribution in [0.1, 0.15) is 18.1 Å². The highest BCUT2D eigenvalue weighted by Gasteiger charge is 2.52. The average molecular weight is 625 g/mol. The van der Waals surface area contributed by atoms with Gasteiger partial charge in [-0.2, -0.15) is 0 Å². The Balaban J connectivity index is 1.67. The molecule has 0 bridgehead atoms. The first kappa shape index (κ1) is 33.4. The van der Waals surface area contributed by atoms with Crippen molar-refractivity contribution in [3.05, 3.63) is 53.1 Å². The van der Waals surface area contributed by atoms with E-state index in [0.29, 0.717) is 5.56 Å². The highest BCUT2D eigenvalue weighted by molar-refractivity contribution is 5.93. The molecule has 0 aromatic heterocycles. The minimum Gasteiger partial charge on any atom is -0.504 e. The van der Waals surface area contributed by atoms with E-state index in [1.807, 2.05) is 0 Å². The molecule has 2 saturated heterocycles. The SMILES string of the molecule is C[C@@H]1O[C@@H](O[C@H]2[C@@H](O)[C@H](OCCc3ccc(O)c(O)c3)O[C@@H](CO)[C@H]2/C(=C\c2ccc(O)c(O)c2)C(=O)O)[C@H](O)[C@H](O)[C@H]1O. The molecule has 0 radical (unpaired) electrons. The summed E-state index contributed by atoms with van der Waals surface area (Å²) in [6.45, 7) is 0.498. The van der Waals surface area contributed by atoms with Crippen LogP contribution in [0.3, 0.4) is 0 Å². The molecule has 15 nitrogen and oxygen atoms in total. The van der Waals surface area contributed by atoms with Gasteiger partial charge in [-0.15, -0.1) is 0 Å². The second kappa shape index (κ2) is 14.1. The molecule has 0 saturated carbocycles. The van der Waals surface area contributed by atoms with Gasteiger partial charge in [-0.05, 0) is 54.8 Å². The monoisotopic (exact) mass is 624 g/mol. The van der Waals surface area contributed by atoms with E-state index in [1.165, 1.54) is 31.2 Å². The fourth-order valence-electron chi connectivity index (χ4n) is 5.16. The zero-order valence-corrected chi connectivity index (χ0v) is 23.4. The predicted molar refractivity (Wildman–Crippen MR) is 147 cm³/mol. The lowest BCUT2D eigenvalue weighted by atomic mass is 9.81. The number of aliphatic hydroxyl groups is 5. The van der Waals surface area contributed by atoms with Gasteiger partial charge >= 0.3 is 5.97 Å². The predicted octanol–water partition coefficient (Wildman–Crippen LogP) is -0.857. The zero-order chi connectivity index (χ0) is 32.3. The summed E-state index contributed by atoms with van der Waals surface area (Å²) in [4.78, 5) is 12.6. The van der Waals surface area contributed by atoms with Gasteiger partial charge in [0, 0.05) is 11.5 Å². The van der Waals surface area contributed by atoms with Crippen LogP contribution in [-0.2, 0) is 30.2 Å². The number of hydrogen-bond acceptors (Lipinski definition) is 14. The number of aromatic hydroxyl groups is 4. The molecule has 10 atom stereocenters. The van der Waals surface area contributed by atoms with Crippen molar-refractivity contribution in [2.45, 2.75) is 68.7 Å². The molecular weight excluding hydrogens is 588 g/mol. The smallest absolute Gasteiger partial charge is 0.332 e. The third-order valence-electron chi connectivity index (χ3n) is 7.60. The lowest BCUT2D eigenvalue weighted by Gasteiger charge is -2.47. The Morgan fingerprint density at radius 2 is 1.50 bits per heavy atom. The number of carboxylic acid groups (broad SMARTS) is 1. The highest BCUT2D eigenvalue weighted by atomic mass is 16.7. The normalized spacial score (nSPS) is 32.8. The second-order valence-electron chi connectivity index (χ2n) is 10.6. The van der Waals surface area contributed by atoms with Crippen LogP contribution in [0.15, 0.2) is 42.0 Å². The zero-order valence-electron chi connectivity index (χ0n) is 23.4. The number of phenols is 4. The van der Waals surface area contributed by atoms with Crippen molar-refractivity contribution < 1.29 is 74.8 Å². The molecule has 0 spiro atoms. The molecule has 4 rings (SSSR count). The van der Waals surface area contributed by atoms with Gasteiger partial charge in [-0.1, -0.05) is 12.1 Å². The Bertz CT molecular complexity index is 1330. The molecule has 2 fully saturated rings. The molecule has 2 aromatic carbocycles. The van der Waals surface area contributed by atoms with Crippen molar-refractivity contribution in [1.82, 2.24) is 0 Å². The third-order valence-corrected chi connectivity index (χ3v) is 7.60. The Kier molecular flexibility index (Phi) is 10.7. The van der Waals surface area contributed by atoms with Crippen LogP contribution in [0.5, 0.6) is 23.0 Å². The number of carbonyl (C=O) groups is 1. The maximum Gasteiger partial charge on any atom is 0.332 e. The molecule has 10 N–H and O–H groups in total. The van der Waals surface area contributed by atoms with Crippen molar-refractivity contribution in [2.75, 3.05) is 13.2 Å². The van der Waals surface area contributed by atoms with E-state index in [2.05, 4.69) is 0 Å². The van der Waals surface area contributed by atoms with Gasteiger partial charge in [0.15, 0.2) is 35.6 Å². The summed E-state index contributed by atoms with van der Waals surface area (Å²) in [5.41, 5.74) is 0.220. The van der Waals surface area contributed by atoms with Crippen LogP contribution in [0.25, 0.3) is 6.08 Å². The van der Waals surface area contributed by atoms with Crippen molar-refractivity contribution in [3.63, 3.8) is 0 Å². The molecule has 0 unspecified atom stereocenters. The second-order valence-corrected chi connectivity index (χ2v) is 10.6. The van der Waals surface area contributed by atoms with Crippen LogP contribution in [0.4, 0.5) is 0 Å². The van der Waals surface area contributed by atoms with E-state index in [-0.39, 0.29) is 30.1 Å². The van der Waals surface area contributed by atoms with Gasteiger partial charge in [0.2, 0.25) is 0 Å². The molecule has 15 heteroatoms. The highest BCUT2D eigenvalue weighted by Crippen LogP contribution is 2.38. The van der Waals surface area contributed by atoms with Gasteiger partial charge in [-0.25, -0.2) is 4.79 Å². The van der Waals surface area contributed by atoms with Crippen molar-refractivity contribution in [1.29, 1.82) is 0 Å². The number of hydrogen-bond donors (Lipinski definition) is 10. The van der Waals surface area contributed by atoms with Crippen molar-refractivity contribution >= 4 is 12.0 Å². The van der Waals surface area contributed by atoms with E-state index >= 15 is 0 Å². The molecule has 2 aliphatic rings. The van der Waals surface area contributed by atoms with Crippen LogP contribution in [0, 0.1) is 5.92 Å². The topological polar surface area (TPSA) is 256 Å². The van der Waals surface area contributed by atoms with Crippen LogP contribution >= 0.6 is 0 Å². The molecule has 44 heavy (non-hydrogen) atoms. The largest absolute Gasteiger partial charge is 0.504 e. The van der Waals surface area contributed by atoms with Crippen LogP contribution < -0.4 is 0 Å². The van der Waals surface area contributed by atoms with Crippen LogP contribution in [0.2, 0.25) is 0 Å². The number of aliphatic hydroxyl groups excluding tert-OH is 5. The third kappa shape index (κ3) is 7.23. The first-order valence-corrected chi connectivity index (χ1v) is 13.7. The molecule has 2 heterocycles. The average Bonchev–Trinajstić information content (AvgIpc) is 2.98. The molecule has 0 aliphatic carbocycles. The summed E-state index contributed by atoms with van der Waals surface area (Å²) >= 11 is 0. The van der Waals surface area contributed by atoms with E-state index in [0.717, 1.165) is 18.2 Å². The lowest BCUT2D eigenvalue weighted by molar-refractivity contribution is -0.348. The number of rotatable bonds is 10. The van der Waals surface area contributed by atoms with E-state index in [1.54, 1.807) is 0 Å². The Hall–Kier alpha value is -3.51. The Labute approximate surface area is 251 Å². The Morgan fingerprint density at radius 3 is 2.11 bits per heavy atom. The number of carboxylic acids is 1. The Morgan fingerprint density at radius 1 is 0.841 bits per heavy atom. The number of benzene rings is 2. The summed E-state index contributed by atoms with van der Waals surface area (Å²) in [6.07, 6.45) is -12.7. The number of ether oxygens (including phenoxy) is 4. The number of phenolic OH excluding ortho intramolecular Hbond substituents is 4. The summed E-state index contributed by atoms with van der Waals surface area (Å²) < 4.78 is 22.9. The first-order valence-electron chi connectivity index (χ1n) is 13.7.